The van der Waals surface area contributed by atoms with Gasteiger partial charge in [0.2, 0.25) is 5.82 Å². The maximum absolute atomic E-state index is 13.6. The van der Waals surface area contributed by atoms with Gasteiger partial charge in [-0.2, -0.15) is 4.39 Å². The van der Waals surface area contributed by atoms with Crippen LogP contribution in [0.1, 0.15) is 29.6 Å². The lowest BCUT2D eigenvalue weighted by molar-refractivity contribution is 0.0929. The first-order valence-electron chi connectivity index (χ1n) is 6.38. The van der Waals surface area contributed by atoms with Crippen LogP contribution >= 0.6 is 0 Å². The molecule has 1 atom stereocenters. The second-order valence-electron chi connectivity index (χ2n) is 4.75. The molecule has 0 saturated carbocycles. The molecule has 2 rings (SSSR count). The van der Waals surface area contributed by atoms with E-state index in [4.69, 9.17) is 5.11 Å². The number of carbonyl (C=O) groups excluding carboxylic acids is 1. The van der Waals surface area contributed by atoms with Crippen molar-refractivity contribution in [1.29, 1.82) is 0 Å². The van der Waals surface area contributed by atoms with E-state index in [0.29, 0.717) is 12.6 Å². The standard InChI is InChI=1S/C13H15F3N2O2/c14-9-5-8(10(15)12(19)11(9)16)13(20)18-7-3-1-2-4-17-6-7/h5,7,17,19H,1-4,6H2,(H,18,20). The van der Waals surface area contributed by atoms with Crippen molar-refractivity contribution in [1.82, 2.24) is 10.6 Å². The van der Waals surface area contributed by atoms with Gasteiger partial charge in [0.15, 0.2) is 17.4 Å². The predicted molar refractivity (Wildman–Crippen MR) is 66.0 cm³/mol. The average molecular weight is 288 g/mol. The van der Waals surface area contributed by atoms with Gasteiger partial charge in [-0.15, -0.1) is 0 Å². The molecule has 1 heterocycles. The summed E-state index contributed by atoms with van der Waals surface area (Å²) in [5.74, 6) is -6.97. The largest absolute Gasteiger partial charge is 0.503 e. The smallest absolute Gasteiger partial charge is 0.254 e. The van der Waals surface area contributed by atoms with Crippen molar-refractivity contribution in [2.24, 2.45) is 0 Å². The second kappa shape index (κ2) is 6.13. The van der Waals surface area contributed by atoms with Crippen LogP contribution in [0, 0.1) is 17.5 Å². The number of phenolic OH excluding ortho intramolecular Hbond substituents is 1. The zero-order valence-corrected chi connectivity index (χ0v) is 10.7. The third kappa shape index (κ3) is 3.04. The molecule has 1 fully saturated rings. The molecule has 1 amide bonds. The Hall–Kier alpha value is -1.76. The van der Waals surface area contributed by atoms with E-state index in [9.17, 15) is 18.0 Å². The third-order valence-corrected chi connectivity index (χ3v) is 3.26. The van der Waals surface area contributed by atoms with E-state index in [-0.39, 0.29) is 6.04 Å². The minimum atomic E-state index is -1.70. The maximum Gasteiger partial charge on any atom is 0.254 e. The summed E-state index contributed by atoms with van der Waals surface area (Å²) in [7, 11) is 0. The molecule has 0 bridgehead atoms. The molecule has 1 aromatic rings. The Labute approximate surface area is 114 Å². The molecule has 1 unspecified atom stereocenters. The molecule has 7 heteroatoms. The topological polar surface area (TPSA) is 61.4 Å². The van der Waals surface area contributed by atoms with Crippen molar-refractivity contribution in [2.45, 2.75) is 25.3 Å². The summed E-state index contributed by atoms with van der Waals surface area (Å²) in [6.45, 7) is 1.37. The first kappa shape index (κ1) is 14.6. The molecule has 1 aliphatic heterocycles. The summed E-state index contributed by atoms with van der Waals surface area (Å²) >= 11 is 0. The van der Waals surface area contributed by atoms with Gasteiger partial charge < -0.3 is 15.7 Å². The van der Waals surface area contributed by atoms with Gasteiger partial charge in [-0.25, -0.2) is 8.78 Å². The lowest BCUT2D eigenvalue weighted by Crippen LogP contribution is -2.41. The number of halogens is 3. The molecule has 4 nitrogen and oxygen atoms in total. The third-order valence-electron chi connectivity index (χ3n) is 3.26. The molecule has 1 aliphatic rings. The second-order valence-corrected chi connectivity index (χ2v) is 4.75. The summed E-state index contributed by atoms with van der Waals surface area (Å²) in [6.07, 6.45) is 2.60. The molecule has 0 aromatic heterocycles. The number of amides is 1. The van der Waals surface area contributed by atoms with E-state index in [1.54, 1.807) is 0 Å². The van der Waals surface area contributed by atoms with Crippen molar-refractivity contribution < 1.29 is 23.1 Å². The molecule has 20 heavy (non-hydrogen) atoms. The molecule has 3 N–H and O–H groups in total. The molecule has 0 radical (unpaired) electrons. The fourth-order valence-electron chi connectivity index (χ4n) is 2.16. The summed E-state index contributed by atoms with van der Waals surface area (Å²) in [6, 6.07) is 0.240. The molecule has 0 aliphatic carbocycles. The number of hydrogen-bond acceptors (Lipinski definition) is 3. The number of nitrogens with one attached hydrogen (secondary N) is 2. The monoisotopic (exact) mass is 288 g/mol. The van der Waals surface area contributed by atoms with E-state index in [2.05, 4.69) is 10.6 Å². The van der Waals surface area contributed by atoms with Crippen molar-refractivity contribution in [2.75, 3.05) is 13.1 Å². The highest BCUT2D eigenvalue weighted by molar-refractivity contribution is 5.95. The van der Waals surface area contributed by atoms with Gasteiger partial charge in [0, 0.05) is 12.6 Å². The van der Waals surface area contributed by atoms with Crippen LogP contribution in [0.4, 0.5) is 13.2 Å². The Morgan fingerprint density at radius 1 is 1.30 bits per heavy atom. The average Bonchev–Trinajstić information content (AvgIpc) is 2.69. The van der Waals surface area contributed by atoms with Crippen LogP contribution < -0.4 is 10.6 Å². The van der Waals surface area contributed by atoms with Gasteiger partial charge in [-0.05, 0) is 25.5 Å². The van der Waals surface area contributed by atoms with E-state index < -0.39 is 34.7 Å². The summed E-state index contributed by atoms with van der Waals surface area (Å²) < 4.78 is 39.7. The van der Waals surface area contributed by atoms with Crippen molar-refractivity contribution >= 4 is 5.91 Å². The number of carbonyl (C=O) groups is 1. The van der Waals surface area contributed by atoms with Crippen LogP contribution in [-0.4, -0.2) is 30.1 Å². The number of benzene rings is 1. The lowest BCUT2D eigenvalue weighted by Gasteiger charge is -2.17. The minimum Gasteiger partial charge on any atom is -0.503 e. The predicted octanol–water partition coefficient (Wildman–Crippen LogP) is 1.68. The Balaban J connectivity index is 2.16. The first-order valence-corrected chi connectivity index (χ1v) is 6.38. The fraction of sp³-hybridized carbons (Fsp3) is 0.462. The molecule has 1 saturated heterocycles. The Kier molecular flexibility index (Phi) is 4.49. The van der Waals surface area contributed by atoms with Gasteiger partial charge in [0.1, 0.15) is 0 Å². The Morgan fingerprint density at radius 3 is 2.80 bits per heavy atom. The zero-order chi connectivity index (χ0) is 14.7. The summed E-state index contributed by atoms with van der Waals surface area (Å²) in [5.41, 5.74) is -0.703. The highest BCUT2D eigenvalue weighted by atomic mass is 19.2. The van der Waals surface area contributed by atoms with Crippen LogP contribution in [-0.2, 0) is 0 Å². The van der Waals surface area contributed by atoms with E-state index in [0.717, 1.165) is 25.8 Å². The van der Waals surface area contributed by atoms with Gasteiger partial charge in [-0.3, -0.25) is 4.79 Å². The SMILES string of the molecule is O=C(NC1CCCCNC1)c1cc(F)c(F)c(O)c1F. The minimum absolute atomic E-state index is 0.209. The highest BCUT2D eigenvalue weighted by Gasteiger charge is 2.24. The van der Waals surface area contributed by atoms with Crippen molar-refractivity contribution in [3.8, 4) is 5.75 Å². The molecular weight excluding hydrogens is 273 g/mol. The fourth-order valence-corrected chi connectivity index (χ4v) is 2.16. The van der Waals surface area contributed by atoms with Gasteiger partial charge >= 0.3 is 0 Å². The zero-order valence-electron chi connectivity index (χ0n) is 10.7. The van der Waals surface area contributed by atoms with Crippen molar-refractivity contribution in [3.63, 3.8) is 0 Å². The van der Waals surface area contributed by atoms with Crippen LogP contribution in [0.2, 0.25) is 0 Å². The molecular formula is C13H15F3N2O2. The number of phenols is 1. The quantitative estimate of drug-likeness (QED) is 0.726. The van der Waals surface area contributed by atoms with Gasteiger partial charge in [-0.1, -0.05) is 6.42 Å². The van der Waals surface area contributed by atoms with Gasteiger partial charge in [0.25, 0.3) is 5.91 Å². The van der Waals surface area contributed by atoms with Gasteiger partial charge in [0.05, 0.1) is 5.56 Å². The Morgan fingerprint density at radius 2 is 2.05 bits per heavy atom. The highest BCUT2D eigenvalue weighted by Crippen LogP contribution is 2.25. The number of rotatable bonds is 2. The summed E-state index contributed by atoms with van der Waals surface area (Å²) in [4.78, 5) is 11.9. The lowest BCUT2D eigenvalue weighted by atomic mass is 10.1. The summed E-state index contributed by atoms with van der Waals surface area (Å²) in [5, 5.41) is 14.7. The Bertz CT molecular complexity index is 515. The van der Waals surface area contributed by atoms with E-state index in [1.165, 1.54) is 0 Å². The van der Waals surface area contributed by atoms with E-state index in [1.807, 2.05) is 0 Å². The van der Waals surface area contributed by atoms with Crippen molar-refractivity contribution in [3.05, 3.63) is 29.1 Å². The van der Waals surface area contributed by atoms with E-state index >= 15 is 0 Å². The molecule has 110 valence electrons. The van der Waals surface area contributed by atoms with Crippen LogP contribution in [0.15, 0.2) is 6.07 Å². The van der Waals surface area contributed by atoms with Crippen LogP contribution in [0.5, 0.6) is 5.75 Å². The molecule has 0 spiro atoms. The maximum atomic E-state index is 13.6. The normalized spacial score (nSPS) is 19.4. The molecule has 1 aromatic carbocycles. The first-order chi connectivity index (χ1) is 9.50. The number of hydrogen-bond donors (Lipinski definition) is 3. The van der Waals surface area contributed by atoms with Crippen LogP contribution in [0.3, 0.4) is 0 Å². The van der Waals surface area contributed by atoms with Crippen LogP contribution in [0.25, 0.3) is 0 Å². The number of aromatic hydroxyl groups is 1.